The van der Waals surface area contributed by atoms with Crippen molar-refractivity contribution in [2.24, 2.45) is 11.7 Å². The van der Waals surface area contributed by atoms with Crippen LogP contribution in [0.15, 0.2) is 44.4 Å². The summed E-state index contributed by atoms with van der Waals surface area (Å²) in [5.74, 6) is -4.60. The van der Waals surface area contributed by atoms with Gasteiger partial charge in [-0.2, -0.15) is 4.68 Å². The molecule has 56 heavy (non-hydrogen) atoms. The van der Waals surface area contributed by atoms with Crippen molar-refractivity contribution in [3.05, 3.63) is 72.5 Å². The molecule has 3 aromatic rings. The van der Waals surface area contributed by atoms with Crippen molar-refractivity contribution in [3.8, 4) is 11.4 Å². The number of Topliss-reactive ketones (excluding diaryl/α,β-unsaturated/α-hetero) is 3. The molecule has 1 heterocycles. The van der Waals surface area contributed by atoms with Crippen LogP contribution >= 0.6 is 30.6 Å². The second-order valence-corrected chi connectivity index (χ2v) is 19.4. The van der Waals surface area contributed by atoms with Gasteiger partial charge in [-0.05, 0) is 44.9 Å². The van der Waals surface area contributed by atoms with Gasteiger partial charge < -0.3 is 24.9 Å². The largest absolute Gasteiger partial charge is 0.489 e. The fraction of sp³-hybridized carbons (Fsp3) is 0.471. The van der Waals surface area contributed by atoms with E-state index in [0.29, 0.717) is 28.8 Å². The van der Waals surface area contributed by atoms with Crippen LogP contribution < -0.4 is 16.2 Å². The van der Waals surface area contributed by atoms with Crippen LogP contribution in [0.2, 0.25) is 10.0 Å². The molecule has 0 bridgehead atoms. The maximum atomic E-state index is 12.4. The van der Waals surface area contributed by atoms with E-state index < -0.39 is 74.4 Å². The minimum atomic E-state index is -3.70. The molecule has 308 valence electrons. The fourth-order valence-corrected chi connectivity index (χ4v) is 6.62. The van der Waals surface area contributed by atoms with Crippen molar-refractivity contribution in [1.29, 1.82) is 0 Å². The van der Waals surface area contributed by atoms with Gasteiger partial charge in [0.25, 0.3) is 5.69 Å². The molecular weight excluding hydrogens is 822 g/mol. The highest BCUT2D eigenvalue weighted by atomic mass is 35.5. The number of carboxylic acids is 1. The molecule has 1 aliphatic rings. The van der Waals surface area contributed by atoms with Crippen molar-refractivity contribution < 1.29 is 56.2 Å². The van der Waals surface area contributed by atoms with Crippen molar-refractivity contribution in [2.75, 3.05) is 19.1 Å². The average molecular weight is 866 g/mol. The Morgan fingerprint density at radius 2 is 1.70 bits per heavy atom. The number of nitro groups is 1. The lowest BCUT2D eigenvalue weighted by atomic mass is 9.81. The highest BCUT2D eigenvalue weighted by molar-refractivity contribution is 7.90. The number of aromatic nitrogens is 2. The highest BCUT2D eigenvalue weighted by Gasteiger charge is 2.39. The number of hydrogen-bond acceptors (Lipinski definition) is 14. The molecule has 18 nitrogen and oxygen atoms in total. The summed E-state index contributed by atoms with van der Waals surface area (Å²) in [6.07, 6.45) is 1.30. The summed E-state index contributed by atoms with van der Waals surface area (Å²) in [6.45, 7) is 10.6. The number of ketones is 3. The fourth-order valence-electron chi connectivity index (χ4n) is 4.71. The number of aliphatic carboxylic acids is 1. The summed E-state index contributed by atoms with van der Waals surface area (Å²) in [5, 5.41) is 24.3. The van der Waals surface area contributed by atoms with Crippen LogP contribution in [0.25, 0.3) is 5.69 Å². The maximum Gasteiger partial charge on any atom is 0.442 e. The third-order valence-corrected chi connectivity index (χ3v) is 10.4. The van der Waals surface area contributed by atoms with Crippen LogP contribution in [0.5, 0.6) is 5.75 Å². The van der Waals surface area contributed by atoms with Crippen molar-refractivity contribution in [2.45, 2.75) is 82.8 Å². The molecule has 2 aromatic carbocycles. The molecule has 1 saturated carbocycles. The number of halogens is 2. The number of sulfone groups is 1. The van der Waals surface area contributed by atoms with Gasteiger partial charge in [0, 0.05) is 49.5 Å². The van der Waals surface area contributed by atoms with Crippen LogP contribution in [0.3, 0.4) is 0 Å². The first kappa shape index (κ1) is 47.9. The Morgan fingerprint density at radius 1 is 1.12 bits per heavy atom. The predicted molar refractivity (Wildman–Crippen MR) is 205 cm³/mol. The number of benzene rings is 2. The van der Waals surface area contributed by atoms with Crippen molar-refractivity contribution in [3.63, 3.8) is 0 Å². The van der Waals surface area contributed by atoms with Crippen LogP contribution in [0.4, 0.5) is 5.69 Å². The van der Waals surface area contributed by atoms with Gasteiger partial charge in [-0.25, -0.2) is 13.2 Å². The Kier molecular flexibility index (Phi) is 16.5. The second-order valence-electron chi connectivity index (χ2n) is 14.0. The van der Waals surface area contributed by atoms with Gasteiger partial charge in [0.1, 0.15) is 17.7 Å². The number of nitro benzene ring substituents is 1. The predicted octanol–water partition coefficient (Wildman–Crippen LogP) is 5.02. The van der Waals surface area contributed by atoms with Crippen molar-refractivity contribution >= 4 is 69.4 Å². The summed E-state index contributed by atoms with van der Waals surface area (Å²) < 4.78 is 45.5. The van der Waals surface area contributed by atoms with Crippen molar-refractivity contribution in [1.82, 2.24) is 9.78 Å². The second kappa shape index (κ2) is 19.3. The molecule has 0 spiro atoms. The Hall–Kier alpha value is -4.26. The number of nitrogens with two attached hydrogens (primary N) is 1. The lowest BCUT2D eigenvalue weighted by Gasteiger charge is -2.18. The molecule has 0 amide bonds. The number of rotatable bonds is 11. The standard InChI is InChI=1S/C15H18Cl2N2O3.C14H13NO7S.C5H12NO4P/c1-8(2)21-12-7-11(9(16)6-10(12)17)19-14(20)22-13(18-19)15(3,4)5;1-23(21,22)8-5-6-9(10(7-8)15(19)20)14(18)13-11(16)3-2-4-12(13)17;1-11(9,10)3-2-4(6)5(7)8/h6-8H,1-5H3;5-7,13H,2-4H2,1H3;4H,2-3,6H2,1H3,(H,7,8)(H,9,10). The minimum Gasteiger partial charge on any atom is -0.489 e. The number of hydrogen-bond donors (Lipinski definition) is 3. The summed E-state index contributed by atoms with van der Waals surface area (Å²) >= 11 is 12.3. The monoisotopic (exact) mass is 864 g/mol. The number of carbonyl (C=O) groups excluding carboxylic acids is 3. The molecule has 0 saturated heterocycles. The number of carboxylic acid groups (broad SMARTS) is 1. The molecule has 22 heteroatoms. The third kappa shape index (κ3) is 13.7. The first-order valence-corrected chi connectivity index (χ1v) is 21.6. The van der Waals surface area contributed by atoms with E-state index in [2.05, 4.69) is 5.10 Å². The van der Waals surface area contributed by atoms with Crippen LogP contribution in [0.1, 0.15) is 76.6 Å². The first-order valence-electron chi connectivity index (χ1n) is 16.7. The molecule has 1 aliphatic carbocycles. The summed E-state index contributed by atoms with van der Waals surface area (Å²) in [4.78, 5) is 76.9. The van der Waals surface area contributed by atoms with E-state index in [1.807, 2.05) is 34.6 Å². The van der Waals surface area contributed by atoms with E-state index in [0.717, 1.165) is 29.1 Å². The zero-order valence-electron chi connectivity index (χ0n) is 31.5. The molecule has 0 aliphatic heterocycles. The smallest absolute Gasteiger partial charge is 0.442 e. The number of nitrogens with zero attached hydrogens (tertiary/aromatic N) is 3. The number of ether oxygens (including phenoxy) is 1. The van der Waals surface area contributed by atoms with E-state index in [1.54, 1.807) is 6.07 Å². The van der Waals surface area contributed by atoms with Crippen LogP contribution in [-0.4, -0.2) is 87.7 Å². The molecule has 1 aromatic heterocycles. The van der Waals surface area contributed by atoms with E-state index in [9.17, 15) is 47.1 Å². The van der Waals surface area contributed by atoms with Gasteiger partial charge >= 0.3 is 11.7 Å². The summed E-state index contributed by atoms with van der Waals surface area (Å²) in [7, 11) is -6.80. The van der Waals surface area contributed by atoms with E-state index >= 15 is 0 Å². The van der Waals surface area contributed by atoms with Gasteiger partial charge in [-0.15, -0.1) is 5.10 Å². The molecule has 4 N–H and O–H groups in total. The van der Waals surface area contributed by atoms with Gasteiger partial charge in [0.2, 0.25) is 5.89 Å². The molecular formula is C34H43Cl2N4O14PS. The van der Waals surface area contributed by atoms with Crippen LogP contribution in [0, 0.1) is 16.0 Å². The Labute approximate surface area is 331 Å². The average Bonchev–Trinajstić information content (AvgIpc) is 3.46. The maximum absolute atomic E-state index is 12.4. The molecule has 0 radical (unpaired) electrons. The van der Waals surface area contributed by atoms with Crippen LogP contribution in [-0.2, 0) is 34.2 Å². The SMILES string of the molecule is CC(C)Oc1cc(-n2nc(C(C)(C)C)oc2=O)c(Cl)cc1Cl.CP(=O)(O)CCC(N)C(=O)O.CS(=O)(=O)c1ccc(C(=O)C2C(=O)CCCC2=O)c([N+](=O)[O-])c1. The lowest BCUT2D eigenvalue weighted by molar-refractivity contribution is -0.385. The van der Waals surface area contributed by atoms with E-state index in [1.165, 1.54) is 12.7 Å². The summed E-state index contributed by atoms with van der Waals surface area (Å²) in [6, 6.07) is 4.87. The molecule has 2 atom stereocenters. The number of carbonyl (C=O) groups is 4. The van der Waals surface area contributed by atoms with Gasteiger partial charge in [-0.3, -0.25) is 33.9 Å². The quantitative estimate of drug-likeness (QED) is 0.0749. The molecule has 4 rings (SSSR count). The lowest BCUT2D eigenvalue weighted by Crippen LogP contribution is -2.35. The summed E-state index contributed by atoms with van der Waals surface area (Å²) in [5.41, 5.74) is 3.90. The normalized spacial score (nSPS) is 15.1. The van der Waals surface area contributed by atoms with Gasteiger partial charge in [-0.1, -0.05) is 44.0 Å². The Balaban J connectivity index is 0.000000309. The van der Waals surface area contributed by atoms with Gasteiger partial charge in [0.05, 0.1) is 37.2 Å². The van der Waals surface area contributed by atoms with Gasteiger partial charge in [0.15, 0.2) is 34.6 Å². The Bertz CT molecular complexity index is 2190. The minimum absolute atomic E-state index is 0.0412. The zero-order chi connectivity index (χ0) is 43.1. The molecule has 2 unspecified atom stereocenters. The topological polar surface area (TPSA) is 286 Å². The zero-order valence-corrected chi connectivity index (χ0v) is 34.7. The third-order valence-electron chi connectivity index (χ3n) is 7.57. The first-order chi connectivity index (χ1) is 25.5. The Morgan fingerprint density at radius 3 is 2.14 bits per heavy atom. The van der Waals surface area contributed by atoms with E-state index in [-0.39, 0.29) is 46.9 Å². The molecule has 1 fully saturated rings. The van der Waals surface area contributed by atoms with E-state index in [4.69, 9.17) is 48.1 Å². The highest BCUT2D eigenvalue weighted by Crippen LogP contribution is 2.36.